The molecule has 1 N–H and O–H groups in total. The SMILES string of the molecule is COC1=CC(=O)[C@@H]2O[C@]2(C)[C@H]1O. The summed E-state index contributed by atoms with van der Waals surface area (Å²) in [5.74, 6) is 0.163. The van der Waals surface area contributed by atoms with E-state index in [4.69, 9.17) is 9.47 Å². The van der Waals surface area contributed by atoms with Crippen LogP contribution in [0, 0.1) is 0 Å². The fraction of sp³-hybridized carbons (Fsp3) is 0.625. The van der Waals surface area contributed by atoms with Crippen molar-refractivity contribution < 1.29 is 19.4 Å². The second-order valence-corrected chi connectivity index (χ2v) is 3.24. The van der Waals surface area contributed by atoms with Gasteiger partial charge in [-0.3, -0.25) is 4.79 Å². The van der Waals surface area contributed by atoms with Crippen LogP contribution in [0.25, 0.3) is 0 Å². The van der Waals surface area contributed by atoms with Crippen LogP contribution in [-0.2, 0) is 14.3 Å². The molecule has 66 valence electrons. The molecule has 0 aromatic carbocycles. The number of carbonyl (C=O) groups is 1. The van der Waals surface area contributed by atoms with E-state index in [-0.39, 0.29) is 11.5 Å². The molecule has 1 aliphatic carbocycles. The molecule has 1 fully saturated rings. The van der Waals surface area contributed by atoms with Gasteiger partial charge >= 0.3 is 0 Å². The molecular formula is C8H10O4. The van der Waals surface area contributed by atoms with Gasteiger partial charge in [-0.1, -0.05) is 0 Å². The summed E-state index contributed by atoms with van der Waals surface area (Å²) in [5.41, 5.74) is -0.739. The van der Waals surface area contributed by atoms with E-state index in [2.05, 4.69) is 0 Å². The number of fused-ring (bicyclic) bond motifs is 1. The highest BCUT2D eigenvalue weighted by Gasteiger charge is 2.64. The first-order chi connectivity index (χ1) is 5.59. The van der Waals surface area contributed by atoms with E-state index < -0.39 is 17.8 Å². The van der Waals surface area contributed by atoms with Crippen molar-refractivity contribution in [3.8, 4) is 0 Å². The highest BCUT2D eigenvalue weighted by atomic mass is 16.6. The predicted molar refractivity (Wildman–Crippen MR) is 39.4 cm³/mol. The van der Waals surface area contributed by atoms with Gasteiger partial charge in [-0.2, -0.15) is 0 Å². The van der Waals surface area contributed by atoms with Crippen molar-refractivity contribution in [2.45, 2.75) is 24.7 Å². The van der Waals surface area contributed by atoms with Gasteiger partial charge in [-0.05, 0) is 6.92 Å². The van der Waals surface area contributed by atoms with Crippen LogP contribution in [-0.4, -0.2) is 35.8 Å². The van der Waals surface area contributed by atoms with E-state index in [1.165, 1.54) is 13.2 Å². The summed E-state index contributed by atoms with van der Waals surface area (Å²) in [6, 6.07) is 0. The molecule has 1 aliphatic heterocycles. The van der Waals surface area contributed by atoms with Gasteiger partial charge in [0.25, 0.3) is 0 Å². The van der Waals surface area contributed by atoms with E-state index in [0.717, 1.165) is 0 Å². The van der Waals surface area contributed by atoms with Crippen molar-refractivity contribution in [1.29, 1.82) is 0 Å². The first-order valence-corrected chi connectivity index (χ1v) is 3.75. The van der Waals surface area contributed by atoms with Gasteiger partial charge < -0.3 is 14.6 Å². The highest BCUT2D eigenvalue weighted by molar-refractivity contribution is 5.98. The minimum atomic E-state index is -0.815. The summed E-state index contributed by atoms with van der Waals surface area (Å²) >= 11 is 0. The van der Waals surface area contributed by atoms with Gasteiger partial charge in [0.15, 0.2) is 11.9 Å². The molecule has 2 aliphatic rings. The molecule has 12 heavy (non-hydrogen) atoms. The second kappa shape index (κ2) is 2.08. The molecule has 2 rings (SSSR count). The smallest absolute Gasteiger partial charge is 0.190 e. The maximum absolute atomic E-state index is 11.2. The molecule has 1 saturated heterocycles. The summed E-state index contributed by atoms with van der Waals surface area (Å²) in [6.07, 6.45) is 0.0148. The topological polar surface area (TPSA) is 59.1 Å². The van der Waals surface area contributed by atoms with Crippen molar-refractivity contribution in [2.75, 3.05) is 7.11 Å². The Morgan fingerprint density at radius 1 is 1.75 bits per heavy atom. The third-order valence-corrected chi connectivity index (χ3v) is 2.43. The molecule has 0 unspecified atom stereocenters. The lowest BCUT2D eigenvalue weighted by atomic mass is 9.91. The van der Waals surface area contributed by atoms with Crippen molar-refractivity contribution in [3.63, 3.8) is 0 Å². The Balaban J connectivity index is 2.33. The van der Waals surface area contributed by atoms with Gasteiger partial charge in [0.2, 0.25) is 0 Å². The maximum Gasteiger partial charge on any atom is 0.190 e. The van der Waals surface area contributed by atoms with E-state index in [1.54, 1.807) is 6.92 Å². The molecule has 0 saturated carbocycles. The first-order valence-electron chi connectivity index (χ1n) is 3.75. The zero-order chi connectivity index (χ0) is 8.93. The number of hydrogen-bond donors (Lipinski definition) is 1. The average molecular weight is 170 g/mol. The van der Waals surface area contributed by atoms with Crippen LogP contribution >= 0.6 is 0 Å². The number of ether oxygens (including phenoxy) is 2. The zero-order valence-electron chi connectivity index (χ0n) is 6.90. The quantitative estimate of drug-likeness (QED) is 0.545. The second-order valence-electron chi connectivity index (χ2n) is 3.24. The van der Waals surface area contributed by atoms with Crippen molar-refractivity contribution >= 4 is 5.78 Å². The summed E-state index contributed by atoms with van der Waals surface area (Å²) in [4.78, 5) is 11.2. The molecule has 0 bridgehead atoms. The largest absolute Gasteiger partial charge is 0.498 e. The molecule has 1 heterocycles. The van der Waals surface area contributed by atoms with E-state index in [1.807, 2.05) is 0 Å². The molecule has 0 spiro atoms. The molecule has 0 amide bonds. The van der Waals surface area contributed by atoms with Crippen LogP contribution in [0.3, 0.4) is 0 Å². The average Bonchev–Trinajstić information content (AvgIpc) is 2.73. The molecule has 4 heteroatoms. The molecule has 3 atom stereocenters. The normalized spacial score (nSPS) is 44.9. The van der Waals surface area contributed by atoms with Gasteiger partial charge in [0.05, 0.1) is 7.11 Å². The standard InChI is InChI=1S/C8H10O4/c1-8-6(10)5(11-2)3-4(9)7(8)12-8/h3,6-7,10H,1-2H3/t6-,7-,8+/m0/s1. The van der Waals surface area contributed by atoms with E-state index in [9.17, 15) is 9.90 Å². The van der Waals surface area contributed by atoms with Gasteiger partial charge in [-0.15, -0.1) is 0 Å². The van der Waals surface area contributed by atoms with Crippen LogP contribution in [0.4, 0.5) is 0 Å². The zero-order valence-corrected chi connectivity index (χ0v) is 6.90. The van der Waals surface area contributed by atoms with Gasteiger partial charge in [0, 0.05) is 6.08 Å². The van der Waals surface area contributed by atoms with Crippen LogP contribution in [0.2, 0.25) is 0 Å². The lowest BCUT2D eigenvalue weighted by molar-refractivity contribution is -0.116. The van der Waals surface area contributed by atoms with Crippen molar-refractivity contribution in [1.82, 2.24) is 0 Å². The van der Waals surface area contributed by atoms with E-state index >= 15 is 0 Å². The van der Waals surface area contributed by atoms with Crippen LogP contribution in [0.1, 0.15) is 6.92 Å². The van der Waals surface area contributed by atoms with Crippen LogP contribution in [0.5, 0.6) is 0 Å². The summed E-state index contributed by atoms with van der Waals surface area (Å²) in [7, 11) is 1.42. The molecule has 0 aromatic heterocycles. The third kappa shape index (κ3) is 0.763. The number of aliphatic hydroxyl groups is 1. The Kier molecular flexibility index (Phi) is 1.35. The number of ketones is 1. The van der Waals surface area contributed by atoms with Crippen molar-refractivity contribution in [3.05, 3.63) is 11.8 Å². The van der Waals surface area contributed by atoms with Crippen LogP contribution in [0.15, 0.2) is 11.8 Å². The van der Waals surface area contributed by atoms with Gasteiger partial charge in [0.1, 0.15) is 17.5 Å². The van der Waals surface area contributed by atoms with E-state index in [0.29, 0.717) is 0 Å². The van der Waals surface area contributed by atoms with Crippen LogP contribution < -0.4 is 0 Å². The Bertz CT molecular complexity index is 270. The molecular weight excluding hydrogens is 160 g/mol. The van der Waals surface area contributed by atoms with Crippen molar-refractivity contribution in [2.24, 2.45) is 0 Å². The Labute approximate surface area is 69.8 Å². The predicted octanol–water partition coefficient (Wildman–Crippen LogP) is -0.382. The lowest BCUT2D eigenvalue weighted by Crippen LogP contribution is -2.37. The molecule has 0 radical (unpaired) electrons. The first kappa shape index (κ1) is 7.76. The fourth-order valence-electron chi connectivity index (χ4n) is 1.52. The fourth-order valence-corrected chi connectivity index (χ4v) is 1.52. The maximum atomic E-state index is 11.2. The number of epoxide rings is 1. The Morgan fingerprint density at radius 3 is 3.00 bits per heavy atom. The number of rotatable bonds is 1. The minimum Gasteiger partial charge on any atom is -0.498 e. The summed E-state index contributed by atoms with van der Waals surface area (Å²) in [6.45, 7) is 1.70. The Hall–Kier alpha value is -0.870. The summed E-state index contributed by atoms with van der Waals surface area (Å²) in [5, 5.41) is 9.59. The lowest BCUT2D eigenvalue weighted by Gasteiger charge is -2.20. The molecule has 4 nitrogen and oxygen atoms in total. The van der Waals surface area contributed by atoms with Gasteiger partial charge in [-0.25, -0.2) is 0 Å². The third-order valence-electron chi connectivity index (χ3n) is 2.43. The number of hydrogen-bond acceptors (Lipinski definition) is 4. The monoisotopic (exact) mass is 170 g/mol. The Morgan fingerprint density at radius 2 is 2.42 bits per heavy atom. The summed E-state index contributed by atoms with van der Waals surface area (Å²) < 4.78 is 9.94. The molecule has 0 aromatic rings. The highest BCUT2D eigenvalue weighted by Crippen LogP contribution is 2.45. The number of aliphatic hydroxyl groups excluding tert-OH is 1. The number of methoxy groups -OCH3 is 1. The minimum absolute atomic E-state index is 0.125. The number of carbonyl (C=O) groups excluding carboxylic acids is 1.